The second-order valence-corrected chi connectivity index (χ2v) is 3.77. The van der Waals surface area contributed by atoms with Crippen LogP contribution in [-0.4, -0.2) is 17.7 Å². The van der Waals surface area contributed by atoms with Gasteiger partial charge >= 0.3 is 5.97 Å². The second kappa shape index (κ2) is 5.11. The molecule has 0 saturated heterocycles. The Labute approximate surface area is 95.0 Å². The van der Waals surface area contributed by atoms with Crippen LogP contribution in [0.4, 0.5) is 4.39 Å². The fourth-order valence-corrected chi connectivity index (χ4v) is 1.62. The molecule has 1 aromatic carbocycles. The average molecular weight is 277 g/mol. The number of carbonyl (C=O) groups is 1. The van der Waals surface area contributed by atoms with Crippen LogP contribution in [0.3, 0.4) is 0 Å². The van der Waals surface area contributed by atoms with E-state index in [0.717, 1.165) is 12.5 Å². The van der Waals surface area contributed by atoms with Crippen LogP contribution in [0.1, 0.15) is 23.7 Å². The summed E-state index contributed by atoms with van der Waals surface area (Å²) in [4.78, 5) is 10.8. The minimum atomic E-state index is -1.21. The van der Waals surface area contributed by atoms with Crippen LogP contribution in [0.25, 0.3) is 0 Å². The van der Waals surface area contributed by atoms with Crippen molar-refractivity contribution in [1.82, 2.24) is 0 Å². The lowest BCUT2D eigenvalue weighted by Gasteiger charge is -2.10. The molecule has 0 bridgehead atoms. The van der Waals surface area contributed by atoms with Gasteiger partial charge in [0.1, 0.15) is 17.1 Å². The molecule has 0 fully saturated rings. The van der Waals surface area contributed by atoms with Crippen molar-refractivity contribution in [3.8, 4) is 5.75 Å². The van der Waals surface area contributed by atoms with Gasteiger partial charge in [0.05, 0.1) is 11.1 Å². The number of carboxylic acid groups (broad SMARTS) is 1. The molecule has 1 N–H and O–H groups in total. The molecule has 0 heterocycles. The van der Waals surface area contributed by atoms with E-state index in [1.807, 2.05) is 6.92 Å². The van der Waals surface area contributed by atoms with Gasteiger partial charge in [0, 0.05) is 0 Å². The Hall–Kier alpha value is -1.10. The molecule has 0 atom stereocenters. The van der Waals surface area contributed by atoms with E-state index < -0.39 is 11.8 Å². The molecule has 5 heteroatoms. The third-order valence-corrected chi connectivity index (χ3v) is 2.28. The van der Waals surface area contributed by atoms with Gasteiger partial charge in [-0.1, -0.05) is 6.92 Å². The van der Waals surface area contributed by atoms with E-state index in [0.29, 0.717) is 11.1 Å². The third-order valence-electron chi connectivity index (χ3n) is 1.69. The Morgan fingerprint density at radius 3 is 2.80 bits per heavy atom. The molecule has 0 aromatic heterocycles. The molecular weight excluding hydrogens is 267 g/mol. The van der Waals surface area contributed by atoms with Crippen LogP contribution < -0.4 is 4.74 Å². The number of hydrogen-bond acceptors (Lipinski definition) is 2. The van der Waals surface area contributed by atoms with Crippen molar-refractivity contribution in [1.29, 1.82) is 0 Å². The van der Waals surface area contributed by atoms with E-state index in [4.69, 9.17) is 9.84 Å². The molecule has 0 aliphatic rings. The molecule has 15 heavy (non-hydrogen) atoms. The monoisotopic (exact) mass is 276 g/mol. The molecule has 82 valence electrons. The molecule has 0 unspecified atom stereocenters. The summed E-state index contributed by atoms with van der Waals surface area (Å²) in [7, 11) is 0. The molecular formula is C10H10BrFO3. The van der Waals surface area contributed by atoms with E-state index in [-0.39, 0.29) is 11.3 Å². The van der Waals surface area contributed by atoms with Crippen LogP contribution in [-0.2, 0) is 0 Å². The summed E-state index contributed by atoms with van der Waals surface area (Å²) in [5.74, 6) is -1.64. The molecule has 0 radical (unpaired) electrons. The molecule has 3 nitrogen and oxygen atoms in total. The topological polar surface area (TPSA) is 46.5 Å². The van der Waals surface area contributed by atoms with Gasteiger partial charge in [-0.05, 0) is 34.5 Å². The highest BCUT2D eigenvalue weighted by Gasteiger charge is 2.16. The van der Waals surface area contributed by atoms with Crippen LogP contribution in [0.2, 0.25) is 0 Å². The van der Waals surface area contributed by atoms with Crippen LogP contribution in [0, 0.1) is 5.82 Å². The van der Waals surface area contributed by atoms with Crippen molar-refractivity contribution in [3.05, 3.63) is 28.0 Å². The minimum Gasteiger partial charge on any atom is -0.492 e. The van der Waals surface area contributed by atoms with Gasteiger partial charge in [-0.2, -0.15) is 0 Å². The molecule has 0 amide bonds. The van der Waals surface area contributed by atoms with Gasteiger partial charge < -0.3 is 9.84 Å². The Morgan fingerprint density at radius 1 is 1.60 bits per heavy atom. The largest absolute Gasteiger partial charge is 0.492 e. The molecule has 1 rings (SSSR count). The van der Waals surface area contributed by atoms with Crippen molar-refractivity contribution in [2.24, 2.45) is 0 Å². The maximum Gasteiger partial charge on any atom is 0.339 e. The summed E-state index contributed by atoms with van der Waals surface area (Å²) >= 11 is 3.07. The van der Waals surface area contributed by atoms with E-state index in [1.54, 1.807) is 0 Å². The summed E-state index contributed by atoms with van der Waals surface area (Å²) in [5, 5.41) is 8.85. The first-order valence-electron chi connectivity index (χ1n) is 4.41. The Balaban J connectivity index is 3.15. The predicted molar refractivity (Wildman–Crippen MR) is 56.8 cm³/mol. The fourth-order valence-electron chi connectivity index (χ4n) is 1.07. The molecule has 0 spiro atoms. The quantitative estimate of drug-likeness (QED) is 0.919. The normalized spacial score (nSPS) is 10.1. The van der Waals surface area contributed by atoms with Crippen molar-refractivity contribution in [2.75, 3.05) is 6.61 Å². The van der Waals surface area contributed by atoms with Crippen molar-refractivity contribution in [3.63, 3.8) is 0 Å². The molecule has 0 aliphatic heterocycles. The summed E-state index contributed by atoms with van der Waals surface area (Å²) in [6, 6.07) is 2.12. The highest BCUT2D eigenvalue weighted by Crippen LogP contribution is 2.30. The van der Waals surface area contributed by atoms with Gasteiger partial charge in [-0.3, -0.25) is 0 Å². The smallest absolute Gasteiger partial charge is 0.339 e. The minimum absolute atomic E-state index is 0.171. The highest BCUT2D eigenvalue weighted by atomic mass is 79.9. The highest BCUT2D eigenvalue weighted by molar-refractivity contribution is 9.10. The lowest BCUT2D eigenvalue weighted by atomic mass is 10.2. The Kier molecular flexibility index (Phi) is 4.08. The fraction of sp³-hybridized carbons (Fsp3) is 0.300. The number of halogens is 2. The standard InChI is InChI=1S/C10H10BrFO3/c1-2-3-15-9-7(10(13)14)4-6(12)5-8(9)11/h4-5H,2-3H2,1H3,(H,13,14). The third kappa shape index (κ3) is 2.92. The second-order valence-electron chi connectivity index (χ2n) is 2.92. The van der Waals surface area contributed by atoms with Crippen LogP contribution in [0.15, 0.2) is 16.6 Å². The summed E-state index contributed by atoms with van der Waals surface area (Å²) in [6.45, 7) is 2.29. The number of hydrogen-bond donors (Lipinski definition) is 1. The van der Waals surface area contributed by atoms with E-state index in [2.05, 4.69) is 15.9 Å². The Morgan fingerprint density at radius 2 is 2.27 bits per heavy atom. The first kappa shape index (κ1) is 12.0. The zero-order valence-corrected chi connectivity index (χ0v) is 9.67. The van der Waals surface area contributed by atoms with Crippen molar-refractivity contribution < 1.29 is 19.0 Å². The molecule has 1 aromatic rings. The van der Waals surface area contributed by atoms with Gasteiger partial charge in [0.25, 0.3) is 0 Å². The van der Waals surface area contributed by atoms with Gasteiger partial charge in [0.15, 0.2) is 0 Å². The number of rotatable bonds is 4. The van der Waals surface area contributed by atoms with E-state index in [1.165, 1.54) is 6.07 Å². The van der Waals surface area contributed by atoms with Gasteiger partial charge in [0.2, 0.25) is 0 Å². The maximum atomic E-state index is 12.9. The molecule has 0 aliphatic carbocycles. The van der Waals surface area contributed by atoms with Crippen molar-refractivity contribution >= 4 is 21.9 Å². The summed E-state index contributed by atoms with van der Waals surface area (Å²) in [6.07, 6.45) is 0.753. The van der Waals surface area contributed by atoms with Crippen molar-refractivity contribution in [2.45, 2.75) is 13.3 Å². The van der Waals surface area contributed by atoms with E-state index in [9.17, 15) is 9.18 Å². The van der Waals surface area contributed by atoms with Crippen LogP contribution in [0.5, 0.6) is 5.75 Å². The SMILES string of the molecule is CCCOc1c(Br)cc(F)cc1C(=O)O. The first-order valence-corrected chi connectivity index (χ1v) is 5.20. The number of carboxylic acids is 1. The summed E-state index contributed by atoms with van der Waals surface area (Å²) in [5.41, 5.74) is -0.171. The molecule has 0 saturated carbocycles. The van der Waals surface area contributed by atoms with Crippen LogP contribution >= 0.6 is 15.9 Å². The van der Waals surface area contributed by atoms with Gasteiger partial charge in [-0.25, -0.2) is 9.18 Å². The number of aromatic carboxylic acids is 1. The zero-order chi connectivity index (χ0) is 11.4. The summed E-state index contributed by atoms with van der Waals surface area (Å²) < 4.78 is 18.5. The maximum absolute atomic E-state index is 12.9. The lowest BCUT2D eigenvalue weighted by Crippen LogP contribution is -2.05. The number of benzene rings is 1. The zero-order valence-electron chi connectivity index (χ0n) is 8.09. The predicted octanol–water partition coefficient (Wildman–Crippen LogP) is 3.08. The first-order chi connectivity index (χ1) is 7.06. The number of ether oxygens (including phenoxy) is 1. The average Bonchev–Trinajstić information content (AvgIpc) is 2.15. The van der Waals surface area contributed by atoms with Gasteiger partial charge in [-0.15, -0.1) is 0 Å². The lowest BCUT2D eigenvalue weighted by molar-refractivity contribution is 0.0691. The van der Waals surface area contributed by atoms with E-state index >= 15 is 0 Å². The Bertz CT molecular complexity index is 379.